The summed E-state index contributed by atoms with van der Waals surface area (Å²) >= 11 is 0. The maximum atomic E-state index is 10.7. The lowest BCUT2D eigenvalue weighted by molar-refractivity contribution is -0.141. The van der Waals surface area contributed by atoms with E-state index in [4.69, 9.17) is 5.11 Å². The van der Waals surface area contributed by atoms with Gasteiger partial charge in [-0.2, -0.15) is 0 Å². The van der Waals surface area contributed by atoms with Crippen molar-refractivity contribution in [2.75, 3.05) is 0 Å². The highest BCUT2D eigenvalue weighted by atomic mass is 16.4. The molecule has 15 heavy (non-hydrogen) atoms. The van der Waals surface area contributed by atoms with Gasteiger partial charge in [-0.05, 0) is 43.0 Å². The van der Waals surface area contributed by atoms with Crippen molar-refractivity contribution in [1.82, 2.24) is 0 Å². The van der Waals surface area contributed by atoms with Gasteiger partial charge in [-0.25, -0.2) is 0 Å². The van der Waals surface area contributed by atoms with Gasteiger partial charge in [0.05, 0.1) is 5.92 Å². The number of phenolic OH excluding ortho intramolecular Hbond substituents is 1. The van der Waals surface area contributed by atoms with Gasteiger partial charge in [0, 0.05) is 0 Å². The lowest BCUT2D eigenvalue weighted by atomic mass is 9.94. The quantitative estimate of drug-likeness (QED) is 0.801. The molecule has 0 aliphatic carbocycles. The molecule has 0 heterocycles. The Hall–Kier alpha value is -1.51. The summed E-state index contributed by atoms with van der Waals surface area (Å²) in [5.74, 6) is -1.13. The Morgan fingerprint density at radius 1 is 1.40 bits per heavy atom. The monoisotopic (exact) mass is 208 g/mol. The topological polar surface area (TPSA) is 57.5 Å². The number of carboxylic acids is 1. The van der Waals surface area contributed by atoms with E-state index in [-0.39, 0.29) is 5.75 Å². The lowest BCUT2D eigenvalue weighted by Crippen LogP contribution is -2.13. The Morgan fingerprint density at radius 3 is 2.53 bits per heavy atom. The third-order valence-corrected chi connectivity index (χ3v) is 2.78. The van der Waals surface area contributed by atoms with E-state index in [0.717, 1.165) is 16.7 Å². The Bertz CT molecular complexity index is 383. The van der Waals surface area contributed by atoms with E-state index in [1.807, 2.05) is 19.9 Å². The van der Waals surface area contributed by atoms with Gasteiger partial charge in [0.2, 0.25) is 0 Å². The summed E-state index contributed by atoms with van der Waals surface area (Å²) in [6.45, 7) is 5.49. The second-order valence-corrected chi connectivity index (χ2v) is 3.95. The molecule has 3 nitrogen and oxygen atoms in total. The van der Waals surface area contributed by atoms with Crippen LogP contribution in [0.15, 0.2) is 12.1 Å². The number of carbonyl (C=O) groups is 1. The molecule has 2 N–H and O–H groups in total. The molecule has 82 valence electrons. The third-order valence-electron chi connectivity index (χ3n) is 2.78. The number of phenols is 1. The SMILES string of the molecule is Cc1ccc(O)c(CC(C)C(=O)O)c1C. The molecule has 0 aliphatic rings. The summed E-state index contributed by atoms with van der Waals surface area (Å²) in [5, 5.41) is 18.5. The summed E-state index contributed by atoms with van der Waals surface area (Å²) in [6, 6.07) is 3.45. The van der Waals surface area contributed by atoms with Crippen LogP contribution in [0.5, 0.6) is 5.75 Å². The van der Waals surface area contributed by atoms with Gasteiger partial charge >= 0.3 is 5.97 Å². The van der Waals surface area contributed by atoms with Crippen molar-refractivity contribution in [2.45, 2.75) is 27.2 Å². The number of rotatable bonds is 3. The smallest absolute Gasteiger partial charge is 0.306 e. The minimum absolute atomic E-state index is 0.186. The fourth-order valence-corrected chi connectivity index (χ4v) is 1.51. The molecular weight excluding hydrogens is 192 g/mol. The number of carboxylic acid groups (broad SMARTS) is 1. The first kappa shape index (κ1) is 11.6. The van der Waals surface area contributed by atoms with Crippen LogP contribution in [-0.2, 0) is 11.2 Å². The van der Waals surface area contributed by atoms with Crippen LogP contribution in [0, 0.1) is 19.8 Å². The second kappa shape index (κ2) is 4.34. The summed E-state index contributed by atoms with van der Waals surface area (Å²) in [6.07, 6.45) is 0.370. The van der Waals surface area contributed by atoms with E-state index in [0.29, 0.717) is 6.42 Å². The van der Waals surface area contributed by atoms with Gasteiger partial charge in [-0.15, -0.1) is 0 Å². The summed E-state index contributed by atoms with van der Waals surface area (Å²) < 4.78 is 0. The van der Waals surface area contributed by atoms with Crippen molar-refractivity contribution >= 4 is 5.97 Å². The van der Waals surface area contributed by atoms with Gasteiger partial charge in [0.1, 0.15) is 5.75 Å². The number of hydrogen-bond donors (Lipinski definition) is 2. The van der Waals surface area contributed by atoms with E-state index in [2.05, 4.69) is 0 Å². The summed E-state index contributed by atoms with van der Waals surface area (Å²) in [5.41, 5.74) is 2.79. The first-order valence-corrected chi connectivity index (χ1v) is 4.94. The average molecular weight is 208 g/mol. The molecule has 0 saturated carbocycles. The molecular formula is C12H16O3. The van der Waals surface area contributed by atoms with Crippen molar-refractivity contribution in [3.05, 3.63) is 28.8 Å². The van der Waals surface area contributed by atoms with Crippen molar-refractivity contribution in [1.29, 1.82) is 0 Å². The second-order valence-electron chi connectivity index (χ2n) is 3.95. The molecule has 0 spiro atoms. The largest absolute Gasteiger partial charge is 0.508 e. The number of benzene rings is 1. The van der Waals surface area contributed by atoms with Crippen molar-refractivity contribution in [2.24, 2.45) is 5.92 Å². The zero-order valence-electron chi connectivity index (χ0n) is 9.24. The molecule has 0 bridgehead atoms. The molecule has 0 amide bonds. The van der Waals surface area contributed by atoms with Crippen LogP contribution in [0.2, 0.25) is 0 Å². The molecule has 1 rings (SSSR count). The van der Waals surface area contributed by atoms with Crippen LogP contribution in [0.3, 0.4) is 0 Å². The van der Waals surface area contributed by atoms with Crippen LogP contribution >= 0.6 is 0 Å². The van der Waals surface area contributed by atoms with Gasteiger partial charge in [-0.1, -0.05) is 13.0 Å². The van der Waals surface area contributed by atoms with E-state index < -0.39 is 11.9 Å². The molecule has 0 saturated heterocycles. The fourth-order valence-electron chi connectivity index (χ4n) is 1.51. The van der Waals surface area contributed by atoms with Crippen molar-refractivity contribution < 1.29 is 15.0 Å². The minimum Gasteiger partial charge on any atom is -0.508 e. The molecule has 1 atom stereocenters. The average Bonchev–Trinajstić information content (AvgIpc) is 2.18. The lowest BCUT2D eigenvalue weighted by Gasteiger charge is -2.13. The molecule has 3 heteroatoms. The highest BCUT2D eigenvalue weighted by Crippen LogP contribution is 2.26. The highest BCUT2D eigenvalue weighted by molar-refractivity contribution is 5.70. The van der Waals surface area contributed by atoms with Crippen molar-refractivity contribution in [3.63, 3.8) is 0 Å². The van der Waals surface area contributed by atoms with Crippen LogP contribution in [0.4, 0.5) is 0 Å². The van der Waals surface area contributed by atoms with Crippen molar-refractivity contribution in [3.8, 4) is 5.75 Å². The first-order chi connectivity index (χ1) is 6.93. The molecule has 0 radical (unpaired) electrons. The molecule has 0 fully saturated rings. The Labute approximate surface area is 89.4 Å². The third kappa shape index (κ3) is 2.49. The number of aromatic hydroxyl groups is 1. The van der Waals surface area contributed by atoms with Crippen LogP contribution in [0.1, 0.15) is 23.6 Å². The predicted molar refractivity (Wildman–Crippen MR) is 58.1 cm³/mol. The predicted octanol–water partition coefficient (Wildman–Crippen LogP) is 2.27. The normalized spacial score (nSPS) is 12.5. The maximum absolute atomic E-state index is 10.7. The Morgan fingerprint density at radius 2 is 2.00 bits per heavy atom. The zero-order valence-corrected chi connectivity index (χ0v) is 9.24. The summed E-state index contributed by atoms with van der Waals surface area (Å²) in [7, 11) is 0. The highest BCUT2D eigenvalue weighted by Gasteiger charge is 2.16. The molecule has 1 aromatic carbocycles. The Balaban J connectivity index is 3.03. The maximum Gasteiger partial charge on any atom is 0.306 e. The van der Waals surface area contributed by atoms with E-state index in [9.17, 15) is 9.90 Å². The zero-order chi connectivity index (χ0) is 11.6. The molecule has 1 unspecified atom stereocenters. The Kier molecular flexibility index (Phi) is 3.35. The number of aliphatic carboxylic acids is 1. The molecule has 0 aromatic heterocycles. The standard InChI is InChI=1S/C12H16O3/c1-7-4-5-11(13)10(9(7)3)6-8(2)12(14)15/h4-5,8,13H,6H2,1-3H3,(H,14,15). The van der Waals surface area contributed by atoms with E-state index in [1.54, 1.807) is 13.0 Å². The van der Waals surface area contributed by atoms with E-state index in [1.165, 1.54) is 0 Å². The van der Waals surface area contributed by atoms with Gasteiger partial charge < -0.3 is 10.2 Å². The summed E-state index contributed by atoms with van der Waals surface area (Å²) in [4.78, 5) is 10.7. The van der Waals surface area contributed by atoms with E-state index >= 15 is 0 Å². The minimum atomic E-state index is -0.838. The van der Waals surface area contributed by atoms with Crippen LogP contribution < -0.4 is 0 Å². The molecule has 1 aromatic rings. The molecule has 0 aliphatic heterocycles. The van der Waals surface area contributed by atoms with Gasteiger partial charge in [0.15, 0.2) is 0 Å². The number of aryl methyl sites for hydroxylation is 1. The van der Waals surface area contributed by atoms with Crippen LogP contribution in [-0.4, -0.2) is 16.2 Å². The van der Waals surface area contributed by atoms with Gasteiger partial charge in [0.25, 0.3) is 0 Å². The van der Waals surface area contributed by atoms with Crippen LogP contribution in [0.25, 0.3) is 0 Å². The van der Waals surface area contributed by atoms with Gasteiger partial charge in [-0.3, -0.25) is 4.79 Å². The first-order valence-electron chi connectivity index (χ1n) is 4.94. The number of hydrogen-bond acceptors (Lipinski definition) is 2. The fraction of sp³-hybridized carbons (Fsp3) is 0.417.